The lowest BCUT2D eigenvalue weighted by Crippen LogP contribution is -2.41. The van der Waals surface area contributed by atoms with E-state index in [9.17, 15) is 4.79 Å². The third-order valence-corrected chi connectivity index (χ3v) is 3.80. The van der Waals surface area contributed by atoms with Crippen LogP contribution >= 0.6 is 0 Å². The average Bonchev–Trinajstić information content (AvgIpc) is 2.40. The van der Waals surface area contributed by atoms with Crippen molar-refractivity contribution in [2.75, 3.05) is 26.7 Å². The van der Waals surface area contributed by atoms with Gasteiger partial charge in [0.25, 0.3) is 0 Å². The van der Waals surface area contributed by atoms with Crippen LogP contribution in [0.5, 0.6) is 0 Å². The molecular weight excluding hydrogens is 216 g/mol. The van der Waals surface area contributed by atoms with E-state index in [1.54, 1.807) is 0 Å². The Labute approximate surface area is 105 Å². The number of aliphatic carboxylic acids is 1. The molecule has 0 bridgehead atoms. The van der Waals surface area contributed by atoms with Gasteiger partial charge in [0.2, 0.25) is 0 Å². The van der Waals surface area contributed by atoms with Gasteiger partial charge in [-0.2, -0.15) is 0 Å². The van der Waals surface area contributed by atoms with Crippen molar-refractivity contribution in [3.8, 4) is 0 Å². The maximum absolute atomic E-state index is 10.7. The summed E-state index contributed by atoms with van der Waals surface area (Å²) in [6, 6.07) is 1.00. The zero-order valence-electron chi connectivity index (χ0n) is 11.4. The first kappa shape index (κ1) is 14.5. The molecule has 2 atom stereocenters. The molecule has 1 saturated heterocycles. The summed E-state index contributed by atoms with van der Waals surface area (Å²) >= 11 is 0. The van der Waals surface area contributed by atoms with Crippen molar-refractivity contribution >= 4 is 5.97 Å². The van der Waals surface area contributed by atoms with E-state index >= 15 is 0 Å². The van der Waals surface area contributed by atoms with Crippen LogP contribution in [0.15, 0.2) is 0 Å². The molecule has 2 unspecified atom stereocenters. The van der Waals surface area contributed by atoms with Gasteiger partial charge in [-0.25, -0.2) is 0 Å². The van der Waals surface area contributed by atoms with Gasteiger partial charge in [0, 0.05) is 25.0 Å². The fourth-order valence-electron chi connectivity index (χ4n) is 2.53. The highest BCUT2D eigenvalue weighted by Crippen LogP contribution is 2.17. The normalized spacial score (nSPS) is 27.9. The summed E-state index contributed by atoms with van der Waals surface area (Å²) in [4.78, 5) is 15.5. The van der Waals surface area contributed by atoms with Crippen molar-refractivity contribution in [2.45, 2.75) is 51.6 Å². The van der Waals surface area contributed by atoms with Crippen LogP contribution in [0.25, 0.3) is 0 Å². The maximum atomic E-state index is 10.7. The lowest BCUT2D eigenvalue weighted by Gasteiger charge is -2.30. The van der Waals surface area contributed by atoms with Gasteiger partial charge in [-0.1, -0.05) is 6.92 Å². The predicted octanol–water partition coefficient (Wildman–Crippen LogP) is 1.66. The monoisotopic (exact) mass is 242 g/mol. The topological polar surface area (TPSA) is 43.8 Å². The third-order valence-electron chi connectivity index (χ3n) is 3.80. The van der Waals surface area contributed by atoms with E-state index in [2.05, 4.69) is 30.7 Å². The van der Waals surface area contributed by atoms with Gasteiger partial charge in [0.15, 0.2) is 0 Å². The van der Waals surface area contributed by atoms with E-state index < -0.39 is 5.97 Å². The van der Waals surface area contributed by atoms with Gasteiger partial charge in [-0.05, 0) is 46.3 Å². The lowest BCUT2D eigenvalue weighted by atomic mass is 10.1. The van der Waals surface area contributed by atoms with E-state index in [1.165, 1.54) is 6.42 Å². The number of hydrogen-bond donors (Lipinski definition) is 1. The minimum atomic E-state index is -0.679. The highest BCUT2D eigenvalue weighted by molar-refractivity contribution is 5.66. The highest BCUT2D eigenvalue weighted by atomic mass is 16.4. The largest absolute Gasteiger partial charge is 0.481 e. The Bertz CT molecular complexity index is 246. The molecule has 0 saturated carbocycles. The molecule has 100 valence electrons. The van der Waals surface area contributed by atoms with Crippen molar-refractivity contribution in [1.82, 2.24) is 9.80 Å². The molecule has 4 nitrogen and oxygen atoms in total. The van der Waals surface area contributed by atoms with Crippen molar-refractivity contribution in [2.24, 2.45) is 0 Å². The van der Waals surface area contributed by atoms with Crippen LogP contribution < -0.4 is 0 Å². The van der Waals surface area contributed by atoms with Gasteiger partial charge in [-0.15, -0.1) is 0 Å². The standard InChI is InChI=1S/C13H26N2O2/c1-4-8-15-9-7-11(2)14(3)10-12(15)5-6-13(16)17/h11-12H,4-10H2,1-3H3,(H,16,17). The summed E-state index contributed by atoms with van der Waals surface area (Å²) in [7, 11) is 2.15. The molecule has 0 aromatic carbocycles. The van der Waals surface area contributed by atoms with Crippen molar-refractivity contribution in [1.29, 1.82) is 0 Å². The van der Waals surface area contributed by atoms with Crippen molar-refractivity contribution in [3.05, 3.63) is 0 Å². The van der Waals surface area contributed by atoms with Gasteiger partial charge in [0.05, 0.1) is 0 Å². The molecule has 1 heterocycles. The molecule has 0 aromatic heterocycles. The van der Waals surface area contributed by atoms with Crippen LogP contribution in [0.3, 0.4) is 0 Å². The molecule has 17 heavy (non-hydrogen) atoms. The van der Waals surface area contributed by atoms with Crippen molar-refractivity contribution < 1.29 is 9.90 Å². The number of nitrogens with zero attached hydrogens (tertiary/aromatic N) is 2. The van der Waals surface area contributed by atoms with Gasteiger partial charge in [0.1, 0.15) is 0 Å². The summed E-state index contributed by atoms with van der Waals surface area (Å²) < 4.78 is 0. The van der Waals surface area contributed by atoms with Gasteiger partial charge >= 0.3 is 5.97 Å². The molecule has 1 N–H and O–H groups in total. The Morgan fingerprint density at radius 2 is 2.18 bits per heavy atom. The molecule has 0 spiro atoms. The smallest absolute Gasteiger partial charge is 0.303 e. The Hall–Kier alpha value is -0.610. The number of carbonyl (C=O) groups is 1. The second kappa shape index (κ2) is 6.97. The van der Waals surface area contributed by atoms with Crippen LogP contribution in [-0.4, -0.2) is 59.6 Å². The molecule has 1 rings (SSSR count). The fraction of sp³-hybridized carbons (Fsp3) is 0.923. The first-order valence-electron chi connectivity index (χ1n) is 6.70. The molecule has 0 amide bonds. The highest BCUT2D eigenvalue weighted by Gasteiger charge is 2.26. The molecule has 4 heteroatoms. The number of rotatable bonds is 5. The van der Waals surface area contributed by atoms with E-state index in [4.69, 9.17) is 5.11 Å². The SMILES string of the molecule is CCCN1CCC(C)N(C)CC1CCC(=O)O. The van der Waals surface area contributed by atoms with E-state index in [0.717, 1.165) is 32.5 Å². The summed E-state index contributed by atoms with van der Waals surface area (Å²) in [5.74, 6) is -0.679. The van der Waals surface area contributed by atoms with Crippen molar-refractivity contribution in [3.63, 3.8) is 0 Å². The Kier molecular flexibility index (Phi) is 5.92. The van der Waals surface area contributed by atoms with Gasteiger partial charge < -0.3 is 10.0 Å². The first-order chi connectivity index (χ1) is 8.04. The van der Waals surface area contributed by atoms with Crippen LogP contribution in [0.4, 0.5) is 0 Å². The number of hydrogen-bond acceptors (Lipinski definition) is 3. The summed E-state index contributed by atoms with van der Waals surface area (Å²) in [6.45, 7) is 7.62. The van der Waals surface area contributed by atoms with E-state index in [-0.39, 0.29) is 6.42 Å². The molecule has 1 aliphatic heterocycles. The maximum Gasteiger partial charge on any atom is 0.303 e. The molecule has 0 radical (unpaired) electrons. The van der Waals surface area contributed by atoms with Crippen LogP contribution in [-0.2, 0) is 4.79 Å². The second-order valence-electron chi connectivity index (χ2n) is 5.20. The minimum absolute atomic E-state index is 0.285. The molecular formula is C13H26N2O2. The average molecular weight is 242 g/mol. The second-order valence-corrected chi connectivity index (χ2v) is 5.20. The van der Waals surface area contributed by atoms with E-state index in [1.807, 2.05) is 0 Å². The lowest BCUT2D eigenvalue weighted by molar-refractivity contribution is -0.137. The van der Waals surface area contributed by atoms with Gasteiger partial charge in [-0.3, -0.25) is 9.69 Å². The molecule has 0 aliphatic carbocycles. The molecule has 1 fully saturated rings. The summed E-state index contributed by atoms with van der Waals surface area (Å²) in [6.07, 6.45) is 3.38. The van der Waals surface area contributed by atoms with Crippen LogP contribution in [0.1, 0.15) is 39.5 Å². The number of likely N-dealkylation sites (N-methyl/N-ethyl adjacent to an activating group) is 1. The minimum Gasteiger partial charge on any atom is -0.481 e. The molecule has 1 aliphatic rings. The molecule has 0 aromatic rings. The van der Waals surface area contributed by atoms with E-state index in [0.29, 0.717) is 12.1 Å². The summed E-state index contributed by atoms with van der Waals surface area (Å²) in [5.41, 5.74) is 0. The van der Waals surface area contributed by atoms with Crippen LogP contribution in [0, 0.1) is 0 Å². The number of carboxylic acid groups (broad SMARTS) is 1. The third kappa shape index (κ3) is 4.64. The fourth-order valence-corrected chi connectivity index (χ4v) is 2.53. The predicted molar refractivity (Wildman–Crippen MR) is 69.2 cm³/mol. The Balaban J connectivity index is 2.60. The Morgan fingerprint density at radius 1 is 1.47 bits per heavy atom. The first-order valence-corrected chi connectivity index (χ1v) is 6.70. The zero-order chi connectivity index (χ0) is 12.8. The quantitative estimate of drug-likeness (QED) is 0.796. The zero-order valence-corrected chi connectivity index (χ0v) is 11.4. The number of carboxylic acids is 1. The van der Waals surface area contributed by atoms with Crippen LogP contribution in [0.2, 0.25) is 0 Å². The summed E-state index contributed by atoms with van der Waals surface area (Å²) in [5, 5.41) is 8.82. The Morgan fingerprint density at radius 3 is 2.76 bits per heavy atom.